The Bertz CT molecular complexity index is 310. The van der Waals surface area contributed by atoms with Crippen molar-refractivity contribution in [2.45, 2.75) is 0 Å². The number of rotatable bonds is 0. The molecule has 0 saturated heterocycles. The predicted molar refractivity (Wildman–Crippen MR) is 42.6 cm³/mol. The van der Waals surface area contributed by atoms with E-state index >= 15 is 0 Å². The molecule has 0 aliphatic carbocycles. The fraction of sp³-hybridized carbons (Fsp3) is 0. The fourth-order valence-electron chi connectivity index (χ4n) is 1.01. The third-order valence-electron chi connectivity index (χ3n) is 1.54. The number of hydrogen-bond acceptors (Lipinski definition) is 1. The van der Waals surface area contributed by atoms with Gasteiger partial charge in [-0.25, -0.2) is 4.99 Å². The Hall–Kier alpha value is -1.37. The predicted octanol–water partition coefficient (Wildman–Crippen LogP) is 2.29. The zero-order valence-corrected chi connectivity index (χ0v) is 5.46. The molecule has 1 heteroatoms. The number of para-hydroxylation sites is 1. The number of hydrogen-bond donors (Lipinski definition) is 0. The summed E-state index contributed by atoms with van der Waals surface area (Å²) in [6, 6.07) is 7.90. The summed E-state index contributed by atoms with van der Waals surface area (Å²) in [5.74, 6) is 0. The SMILES string of the molecule is C=C1[C]=Nc2ccccc21. The minimum Gasteiger partial charge on any atom is -0.245 e. The van der Waals surface area contributed by atoms with Crippen LogP contribution in [0.25, 0.3) is 5.57 Å². The van der Waals surface area contributed by atoms with Gasteiger partial charge in [-0.3, -0.25) is 0 Å². The molecule has 1 aliphatic heterocycles. The molecule has 1 nitrogen and oxygen atoms in total. The van der Waals surface area contributed by atoms with E-state index in [0.29, 0.717) is 0 Å². The van der Waals surface area contributed by atoms with Gasteiger partial charge in [-0.05, 0) is 6.07 Å². The Kier molecular flexibility index (Phi) is 0.978. The highest BCUT2D eigenvalue weighted by atomic mass is 14.7. The number of aliphatic imine (C=N–C) groups is 1. The summed E-state index contributed by atoms with van der Waals surface area (Å²) in [6.07, 6.45) is 2.82. The van der Waals surface area contributed by atoms with E-state index in [0.717, 1.165) is 16.8 Å². The Morgan fingerprint density at radius 1 is 1.30 bits per heavy atom. The Labute approximate surface area is 59.7 Å². The minimum atomic E-state index is 0.885. The molecule has 0 aromatic heterocycles. The van der Waals surface area contributed by atoms with Crippen molar-refractivity contribution in [3.63, 3.8) is 0 Å². The highest BCUT2D eigenvalue weighted by Crippen LogP contribution is 2.29. The van der Waals surface area contributed by atoms with E-state index in [-0.39, 0.29) is 0 Å². The molecule has 1 radical (unpaired) electrons. The van der Waals surface area contributed by atoms with Gasteiger partial charge in [0, 0.05) is 11.1 Å². The lowest BCUT2D eigenvalue weighted by molar-refractivity contribution is 1.55. The van der Waals surface area contributed by atoms with Crippen LogP contribution in [0, 0.1) is 0 Å². The standard InChI is InChI=1S/C9H6N/c1-7-6-10-9-5-3-2-4-8(7)9/h2-5H,1H2. The van der Waals surface area contributed by atoms with Crippen molar-refractivity contribution in [2.75, 3.05) is 0 Å². The second kappa shape index (κ2) is 1.81. The molecule has 2 rings (SSSR count). The summed E-state index contributed by atoms with van der Waals surface area (Å²) in [4.78, 5) is 4.03. The Morgan fingerprint density at radius 3 is 2.90 bits per heavy atom. The zero-order chi connectivity index (χ0) is 6.97. The van der Waals surface area contributed by atoms with Crippen LogP contribution in [0.2, 0.25) is 0 Å². The van der Waals surface area contributed by atoms with Gasteiger partial charge in [0.05, 0.1) is 11.9 Å². The lowest BCUT2D eigenvalue weighted by Gasteiger charge is -1.93. The number of allylic oxidation sites excluding steroid dienone is 1. The minimum absolute atomic E-state index is 0.885. The normalized spacial score (nSPS) is 13.8. The summed E-state index contributed by atoms with van der Waals surface area (Å²) >= 11 is 0. The zero-order valence-electron chi connectivity index (χ0n) is 5.46. The van der Waals surface area contributed by atoms with Crippen LogP contribution in [0.5, 0.6) is 0 Å². The molecule has 0 N–H and O–H groups in total. The van der Waals surface area contributed by atoms with Crippen LogP contribution in [-0.2, 0) is 0 Å². The van der Waals surface area contributed by atoms with Crippen molar-refractivity contribution in [3.8, 4) is 0 Å². The van der Waals surface area contributed by atoms with E-state index in [1.807, 2.05) is 24.3 Å². The van der Waals surface area contributed by atoms with Crippen LogP contribution in [0.1, 0.15) is 5.56 Å². The van der Waals surface area contributed by atoms with Crippen molar-refractivity contribution in [2.24, 2.45) is 4.99 Å². The smallest absolute Gasteiger partial charge is 0.0973 e. The summed E-state index contributed by atoms with van der Waals surface area (Å²) < 4.78 is 0. The number of nitrogens with zero attached hydrogens (tertiary/aromatic N) is 1. The molecular formula is C9H6N. The Balaban J connectivity index is 2.70. The maximum Gasteiger partial charge on any atom is 0.0973 e. The molecule has 1 aromatic carbocycles. The summed E-state index contributed by atoms with van der Waals surface area (Å²) in [6.45, 7) is 3.79. The van der Waals surface area contributed by atoms with Crippen molar-refractivity contribution in [1.82, 2.24) is 0 Å². The molecule has 47 valence electrons. The molecule has 0 bridgehead atoms. The third-order valence-corrected chi connectivity index (χ3v) is 1.54. The van der Waals surface area contributed by atoms with E-state index in [2.05, 4.69) is 17.8 Å². The third kappa shape index (κ3) is 0.605. The molecule has 10 heavy (non-hydrogen) atoms. The number of benzene rings is 1. The maximum atomic E-state index is 4.03. The van der Waals surface area contributed by atoms with E-state index < -0.39 is 0 Å². The average Bonchev–Trinajstić information content (AvgIpc) is 2.34. The molecule has 1 aliphatic rings. The van der Waals surface area contributed by atoms with Crippen LogP contribution in [0.4, 0.5) is 5.69 Å². The highest BCUT2D eigenvalue weighted by molar-refractivity contribution is 6.15. The lowest BCUT2D eigenvalue weighted by Crippen LogP contribution is -1.73. The molecular weight excluding hydrogens is 122 g/mol. The largest absolute Gasteiger partial charge is 0.245 e. The van der Waals surface area contributed by atoms with E-state index in [9.17, 15) is 0 Å². The molecule has 0 atom stereocenters. The van der Waals surface area contributed by atoms with E-state index in [4.69, 9.17) is 0 Å². The van der Waals surface area contributed by atoms with Gasteiger partial charge in [-0.1, -0.05) is 24.8 Å². The molecule has 0 spiro atoms. The van der Waals surface area contributed by atoms with Crippen molar-refractivity contribution >= 4 is 17.5 Å². The van der Waals surface area contributed by atoms with E-state index in [1.165, 1.54) is 0 Å². The topological polar surface area (TPSA) is 12.4 Å². The van der Waals surface area contributed by atoms with Crippen LogP contribution >= 0.6 is 0 Å². The van der Waals surface area contributed by atoms with Gasteiger partial charge in [-0.15, -0.1) is 0 Å². The summed E-state index contributed by atoms with van der Waals surface area (Å²) in [7, 11) is 0. The van der Waals surface area contributed by atoms with Crippen LogP contribution in [0.3, 0.4) is 0 Å². The van der Waals surface area contributed by atoms with E-state index in [1.54, 1.807) is 0 Å². The highest BCUT2D eigenvalue weighted by Gasteiger charge is 2.07. The van der Waals surface area contributed by atoms with Gasteiger partial charge in [0.25, 0.3) is 0 Å². The monoisotopic (exact) mass is 128 g/mol. The van der Waals surface area contributed by atoms with Gasteiger partial charge in [0.2, 0.25) is 0 Å². The Morgan fingerprint density at radius 2 is 2.10 bits per heavy atom. The van der Waals surface area contributed by atoms with Crippen molar-refractivity contribution in [3.05, 3.63) is 36.4 Å². The first-order chi connectivity index (χ1) is 4.88. The van der Waals surface area contributed by atoms with Crippen LogP contribution < -0.4 is 0 Å². The fourth-order valence-corrected chi connectivity index (χ4v) is 1.01. The van der Waals surface area contributed by atoms with Crippen molar-refractivity contribution < 1.29 is 0 Å². The average molecular weight is 128 g/mol. The van der Waals surface area contributed by atoms with Gasteiger partial charge in [0.1, 0.15) is 0 Å². The van der Waals surface area contributed by atoms with Gasteiger partial charge in [0.15, 0.2) is 0 Å². The van der Waals surface area contributed by atoms with Crippen molar-refractivity contribution in [1.29, 1.82) is 0 Å². The molecule has 0 unspecified atom stereocenters. The van der Waals surface area contributed by atoms with Gasteiger partial charge in [-0.2, -0.15) is 0 Å². The summed E-state index contributed by atoms with van der Waals surface area (Å²) in [5.41, 5.74) is 2.96. The molecule has 1 heterocycles. The molecule has 0 amide bonds. The number of fused-ring (bicyclic) bond motifs is 1. The van der Waals surface area contributed by atoms with Gasteiger partial charge < -0.3 is 0 Å². The molecule has 0 fully saturated rings. The molecule has 1 aromatic rings. The first kappa shape index (κ1) is 5.42. The lowest BCUT2D eigenvalue weighted by atomic mass is 10.1. The second-order valence-corrected chi connectivity index (χ2v) is 2.22. The first-order valence-corrected chi connectivity index (χ1v) is 3.13. The maximum absolute atomic E-state index is 4.03. The van der Waals surface area contributed by atoms with Crippen LogP contribution in [-0.4, -0.2) is 6.21 Å². The first-order valence-electron chi connectivity index (χ1n) is 3.13. The molecule has 0 saturated carbocycles. The summed E-state index contributed by atoms with van der Waals surface area (Å²) in [5, 5.41) is 0. The van der Waals surface area contributed by atoms with Crippen LogP contribution in [0.15, 0.2) is 35.8 Å². The quantitative estimate of drug-likeness (QED) is 0.508. The van der Waals surface area contributed by atoms with Gasteiger partial charge >= 0.3 is 0 Å². The second-order valence-electron chi connectivity index (χ2n) is 2.22.